The summed E-state index contributed by atoms with van der Waals surface area (Å²) in [6.07, 6.45) is 1.28. The molecule has 0 aliphatic rings. The number of aliphatic hydroxyl groups is 1. The molecule has 0 spiro atoms. The summed E-state index contributed by atoms with van der Waals surface area (Å²) >= 11 is 0. The Kier molecular flexibility index (Phi) is 7.53. The van der Waals surface area contributed by atoms with Crippen molar-refractivity contribution in [3.05, 3.63) is 103 Å². The van der Waals surface area contributed by atoms with Gasteiger partial charge in [-0.3, -0.25) is 9.78 Å². The van der Waals surface area contributed by atoms with Crippen molar-refractivity contribution in [2.75, 3.05) is 0 Å². The van der Waals surface area contributed by atoms with Crippen molar-refractivity contribution < 1.29 is 30.0 Å². The number of hydrogen-bond donors (Lipinski definition) is 1. The molecule has 2 N–H and O–H groups in total. The van der Waals surface area contributed by atoms with Gasteiger partial charge in [-0.25, -0.2) is 0 Å². The molecule has 32 heavy (non-hydrogen) atoms. The van der Waals surface area contributed by atoms with Crippen molar-refractivity contribution in [2.24, 2.45) is 0 Å². The van der Waals surface area contributed by atoms with E-state index in [1.807, 2.05) is 6.07 Å². The predicted octanol–water partition coefficient (Wildman–Crippen LogP) is 7.02. The molecule has 1 radical (unpaired) electrons. The standard InChI is InChI=1S/C23H14N.C5H8O2.Ir/c1-2-7-18-15-19(10-9-16(18)5-1)22-14-12-21-20-8-4-3-6-17(20)11-13-23(21)24-22;1-4(6)3-5(2)7;/h1-9,11-15H;3,6H,1-2H3;/q-1;;/p+1/b;4-3-;. The van der Waals surface area contributed by atoms with Gasteiger partial charge < -0.3 is 5.11 Å². The normalized spacial score (nSPS) is 11.0. The summed E-state index contributed by atoms with van der Waals surface area (Å²) < 4.78 is 0. The molecule has 3 nitrogen and oxygen atoms in total. The topological polar surface area (TPSA) is 54.5 Å². The first kappa shape index (κ1) is 23.3. The third-order valence-corrected chi connectivity index (χ3v) is 4.97. The molecule has 4 aromatic carbocycles. The zero-order valence-corrected chi connectivity index (χ0v) is 20.2. The van der Waals surface area contributed by atoms with Crippen molar-refractivity contribution in [3.8, 4) is 11.3 Å². The third kappa shape index (κ3) is 5.28. The molecule has 1 heterocycles. The average Bonchev–Trinajstić information content (AvgIpc) is 2.78. The Balaban J connectivity index is 0.000000318. The second-order valence-corrected chi connectivity index (χ2v) is 7.45. The van der Waals surface area contributed by atoms with Gasteiger partial charge in [0.2, 0.25) is 0 Å². The monoisotopic (exact) mass is 598 g/mol. The Morgan fingerprint density at radius 1 is 0.844 bits per heavy atom. The van der Waals surface area contributed by atoms with E-state index in [2.05, 4.69) is 84.9 Å². The van der Waals surface area contributed by atoms with Gasteiger partial charge in [-0.15, -0.1) is 29.1 Å². The van der Waals surface area contributed by atoms with E-state index in [0.29, 0.717) is 0 Å². The van der Waals surface area contributed by atoms with Crippen LogP contribution in [0.2, 0.25) is 0 Å². The molecular formula is C28H23IrNO2. The summed E-state index contributed by atoms with van der Waals surface area (Å²) in [5, 5.41) is 14.5. The molecule has 4 heteroatoms. The second kappa shape index (κ2) is 10.3. The molecule has 0 saturated carbocycles. The summed E-state index contributed by atoms with van der Waals surface area (Å²) in [7, 11) is 0. The maximum atomic E-state index is 8.40. The Morgan fingerprint density at radius 2 is 1.53 bits per heavy atom. The van der Waals surface area contributed by atoms with Gasteiger partial charge in [-0.05, 0) is 29.5 Å². The van der Waals surface area contributed by atoms with Crippen LogP contribution in [0.4, 0.5) is 0 Å². The quantitative estimate of drug-likeness (QED) is 0.0782. The van der Waals surface area contributed by atoms with E-state index in [1.54, 1.807) is 0 Å². The van der Waals surface area contributed by atoms with Crippen LogP contribution in [-0.4, -0.2) is 20.7 Å². The first-order chi connectivity index (χ1) is 15.0. The van der Waals surface area contributed by atoms with Crippen LogP contribution in [0.1, 0.15) is 13.8 Å². The number of aliphatic hydroxyl groups excluding tert-OH is 1. The zero-order chi connectivity index (χ0) is 21.8. The van der Waals surface area contributed by atoms with Crippen LogP contribution >= 0.6 is 0 Å². The fraction of sp³-hybridized carbons (Fsp3) is 0.0714. The molecule has 0 amide bonds. The fourth-order valence-corrected chi connectivity index (χ4v) is 3.61. The molecule has 1 aromatic heterocycles. The van der Waals surface area contributed by atoms with Crippen molar-refractivity contribution in [3.63, 3.8) is 0 Å². The van der Waals surface area contributed by atoms with Gasteiger partial charge in [0, 0.05) is 25.5 Å². The minimum atomic E-state index is 0. The molecule has 0 saturated heterocycles. The summed E-state index contributed by atoms with van der Waals surface area (Å²) in [4.78, 5) is 13.3. The second-order valence-electron chi connectivity index (χ2n) is 7.45. The molecule has 0 aliphatic carbocycles. The summed E-state index contributed by atoms with van der Waals surface area (Å²) in [6.45, 7) is 3.00. The maximum Gasteiger partial charge on any atom is 0.316 e. The number of fused-ring (bicyclic) bond motifs is 4. The number of allylic oxidation sites excluding steroid dienone is 2. The number of pyridine rings is 1. The van der Waals surface area contributed by atoms with E-state index >= 15 is 0 Å². The van der Waals surface area contributed by atoms with Crippen molar-refractivity contribution in [2.45, 2.75) is 13.8 Å². The van der Waals surface area contributed by atoms with Crippen LogP contribution < -0.4 is 0 Å². The van der Waals surface area contributed by atoms with E-state index in [9.17, 15) is 0 Å². The van der Waals surface area contributed by atoms with E-state index in [-0.39, 0.29) is 31.6 Å². The van der Waals surface area contributed by atoms with E-state index < -0.39 is 0 Å². The van der Waals surface area contributed by atoms with Gasteiger partial charge in [-0.1, -0.05) is 72.1 Å². The van der Waals surface area contributed by atoms with Crippen LogP contribution in [0.5, 0.6) is 0 Å². The number of aromatic nitrogens is 1. The molecular weight excluding hydrogens is 575 g/mol. The number of carbonyl (C=O) groups excluding carboxylic acids is 1. The molecule has 5 aromatic rings. The Labute approximate surface area is 200 Å². The fourth-order valence-electron chi connectivity index (χ4n) is 3.61. The molecule has 0 fully saturated rings. The molecule has 0 aliphatic heterocycles. The Bertz CT molecular complexity index is 1440. The molecule has 0 bridgehead atoms. The van der Waals surface area contributed by atoms with Gasteiger partial charge in [0.1, 0.15) is 0 Å². The van der Waals surface area contributed by atoms with E-state index in [0.717, 1.165) is 16.8 Å². The minimum absolute atomic E-state index is 0. The van der Waals surface area contributed by atoms with Gasteiger partial charge in [0.15, 0.2) is 0 Å². The third-order valence-electron chi connectivity index (χ3n) is 4.97. The first-order valence-electron chi connectivity index (χ1n) is 10.1. The molecule has 0 atom stereocenters. The van der Waals surface area contributed by atoms with Gasteiger partial charge in [-0.2, -0.15) is 0 Å². The largest absolute Gasteiger partial charge is 0.512 e. The van der Waals surface area contributed by atoms with E-state index in [4.69, 9.17) is 14.9 Å². The van der Waals surface area contributed by atoms with Crippen LogP contribution in [-0.2, 0) is 20.1 Å². The zero-order valence-electron chi connectivity index (χ0n) is 17.8. The van der Waals surface area contributed by atoms with Crippen molar-refractivity contribution >= 4 is 38.2 Å². The molecule has 5 rings (SSSR count). The van der Waals surface area contributed by atoms with Gasteiger partial charge in [0.25, 0.3) is 0 Å². The van der Waals surface area contributed by atoms with E-state index in [1.165, 1.54) is 46.9 Å². The minimum Gasteiger partial charge on any atom is -0.512 e. The Hall–Kier alpha value is -3.33. The van der Waals surface area contributed by atoms with Gasteiger partial charge >= 0.3 is 5.78 Å². The summed E-state index contributed by atoms with van der Waals surface area (Å²) in [5.74, 6) is 0.250. The SMILES string of the molecule is CC(=[OH+])/C=C(/C)O.[Ir].[c-]1cc2ccccc2cc1-c1ccc2c(ccc3ccccc32)n1. The van der Waals surface area contributed by atoms with Crippen LogP contribution in [0.25, 0.3) is 43.7 Å². The average molecular weight is 598 g/mol. The number of benzene rings is 4. The first-order valence-corrected chi connectivity index (χ1v) is 10.1. The van der Waals surface area contributed by atoms with Crippen molar-refractivity contribution in [1.82, 2.24) is 4.98 Å². The molecule has 0 unspecified atom stereocenters. The molecule has 161 valence electrons. The van der Waals surface area contributed by atoms with Crippen LogP contribution in [0.15, 0.2) is 96.8 Å². The van der Waals surface area contributed by atoms with Crippen LogP contribution in [0, 0.1) is 6.07 Å². The van der Waals surface area contributed by atoms with Crippen molar-refractivity contribution in [1.29, 1.82) is 0 Å². The predicted molar refractivity (Wildman–Crippen MR) is 130 cm³/mol. The maximum absolute atomic E-state index is 8.40. The van der Waals surface area contributed by atoms with Crippen LogP contribution in [0.3, 0.4) is 0 Å². The van der Waals surface area contributed by atoms with Gasteiger partial charge in [0.05, 0.1) is 24.3 Å². The summed E-state index contributed by atoms with van der Waals surface area (Å²) in [5.41, 5.74) is 3.01. The Morgan fingerprint density at radius 3 is 2.22 bits per heavy atom. The number of rotatable bonds is 2. The number of ketones is 1. The number of hydrogen-bond acceptors (Lipinski definition) is 2. The number of nitrogens with zero attached hydrogens (tertiary/aromatic N) is 1. The summed E-state index contributed by atoms with van der Waals surface area (Å²) in [6, 6.07) is 32.8. The smallest absolute Gasteiger partial charge is 0.316 e.